The van der Waals surface area contributed by atoms with Crippen LogP contribution in [0.25, 0.3) is 0 Å². The lowest BCUT2D eigenvalue weighted by Gasteiger charge is -2.23. The molecule has 0 saturated carbocycles. The van der Waals surface area contributed by atoms with E-state index in [9.17, 15) is 13.2 Å². The Morgan fingerprint density at radius 3 is 2.50 bits per heavy atom. The van der Waals surface area contributed by atoms with Crippen molar-refractivity contribution in [2.45, 2.75) is 19.8 Å². The molecule has 0 atom stereocenters. The average molecular weight is 469 g/mol. The molecule has 2 rings (SSSR count). The number of amides is 1. The van der Waals surface area contributed by atoms with E-state index in [1.807, 2.05) is 37.3 Å². The summed E-state index contributed by atoms with van der Waals surface area (Å²) in [6, 6.07) is 14.8. The first kappa shape index (κ1) is 22.2. The van der Waals surface area contributed by atoms with Crippen LogP contribution in [0.4, 0.5) is 5.69 Å². The molecular formula is C20H25BrN2O4S. The second kappa shape index (κ2) is 10.5. The monoisotopic (exact) mass is 468 g/mol. The predicted octanol–water partition coefficient (Wildman–Crippen LogP) is 3.50. The van der Waals surface area contributed by atoms with Crippen molar-refractivity contribution >= 4 is 37.5 Å². The minimum atomic E-state index is -3.44. The molecule has 0 aliphatic heterocycles. The van der Waals surface area contributed by atoms with Crippen molar-refractivity contribution in [3.63, 3.8) is 0 Å². The van der Waals surface area contributed by atoms with Gasteiger partial charge in [0.15, 0.2) is 0 Å². The lowest BCUT2D eigenvalue weighted by Crippen LogP contribution is -2.33. The van der Waals surface area contributed by atoms with Gasteiger partial charge < -0.3 is 10.1 Å². The molecule has 0 aliphatic rings. The largest absolute Gasteiger partial charge is 0.491 e. The molecule has 6 nitrogen and oxygen atoms in total. The van der Waals surface area contributed by atoms with Crippen molar-refractivity contribution in [3.8, 4) is 5.75 Å². The van der Waals surface area contributed by atoms with E-state index < -0.39 is 10.0 Å². The topological polar surface area (TPSA) is 75.7 Å². The van der Waals surface area contributed by atoms with E-state index in [1.54, 1.807) is 18.2 Å². The van der Waals surface area contributed by atoms with Crippen LogP contribution in [0.1, 0.15) is 18.4 Å². The van der Waals surface area contributed by atoms with Crippen LogP contribution in [0.3, 0.4) is 0 Å². The summed E-state index contributed by atoms with van der Waals surface area (Å²) in [5, 5.41) is 2.79. The highest BCUT2D eigenvalue weighted by Crippen LogP contribution is 2.27. The smallest absolute Gasteiger partial charge is 0.232 e. The van der Waals surface area contributed by atoms with Gasteiger partial charge in [0, 0.05) is 17.4 Å². The molecule has 8 heteroatoms. The van der Waals surface area contributed by atoms with Gasteiger partial charge in [0.1, 0.15) is 12.4 Å². The number of rotatable bonds is 10. The number of ether oxygens (including phenoxy) is 1. The molecule has 0 fully saturated rings. The molecule has 0 spiro atoms. The molecule has 0 heterocycles. The van der Waals surface area contributed by atoms with Crippen molar-refractivity contribution in [1.29, 1.82) is 0 Å². The fraction of sp³-hybridized carbons (Fsp3) is 0.350. The Kier molecular flexibility index (Phi) is 8.32. The number of halogens is 1. The van der Waals surface area contributed by atoms with Gasteiger partial charge in [-0.2, -0.15) is 0 Å². The third-order valence-electron chi connectivity index (χ3n) is 4.06. The highest BCUT2D eigenvalue weighted by molar-refractivity contribution is 9.10. The van der Waals surface area contributed by atoms with E-state index >= 15 is 0 Å². The summed E-state index contributed by atoms with van der Waals surface area (Å²) in [6.07, 6.45) is 1.81. The van der Waals surface area contributed by atoms with Gasteiger partial charge >= 0.3 is 0 Å². The van der Waals surface area contributed by atoms with Gasteiger partial charge in [-0.3, -0.25) is 9.10 Å². The summed E-state index contributed by atoms with van der Waals surface area (Å²) in [7, 11) is -3.44. The van der Waals surface area contributed by atoms with Gasteiger partial charge in [0.05, 0.1) is 18.5 Å². The highest BCUT2D eigenvalue weighted by Gasteiger charge is 2.19. The van der Waals surface area contributed by atoms with E-state index in [0.29, 0.717) is 29.7 Å². The number of carbonyl (C=O) groups is 1. The first-order valence-corrected chi connectivity index (χ1v) is 11.6. The first-order chi connectivity index (χ1) is 13.3. The normalized spacial score (nSPS) is 11.1. The van der Waals surface area contributed by atoms with E-state index in [1.165, 1.54) is 4.31 Å². The Balaban J connectivity index is 1.77. The molecule has 0 aliphatic carbocycles. The highest BCUT2D eigenvalue weighted by atomic mass is 79.9. The van der Waals surface area contributed by atoms with Crippen molar-refractivity contribution in [2.24, 2.45) is 0 Å². The maximum atomic E-state index is 12.1. The summed E-state index contributed by atoms with van der Waals surface area (Å²) in [6.45, 7) is 2.97. The molecule has 152 valence electrons. The Bertz CT molecular complexity index is 903. The van der Waals surface area contributed by atoms with Crippen LogP contribution in [-0.2, 0) is 14.8 Å². The summed E-state index contributed by atoms with van der Waals surface area (Å²) in [4.78, 5) is 12.0. The van der Waals surface area contributed by atoms with Crippen LogP contribution >= 0.6 is 15.9 Å². The van der Waals surface area contributed by atoms with E-state index in [-0.39, 0.29) is 18.9 Å². The third kappa shape index (κ3) is 6.83. The number of anilines is 1. The van der Waals surface area contributed by atoms with E-state index in [4.69, 9.17) is 4.74 Å². The number of aryl methyl sites for hydroxylation is 1. The number of hydrogen-bond acceptors (Lipinski definition) is 4. The van der Waals surface area contributed by atoms with Crippen molar-refractivity contribution < 1.29 is 17.9 Å². The maximum Gasteiger partial charge on any atom is 0.232 e. The molecule has 0 radical (unpaired) electrons. The minimum Gasteiger partial charge on any atom is -0.491 e. The van der Waals surface area contributed by atoms with Gasteiger partial charge in [-0.05, 0) is 53.0 Å². The minimum absolute atomic E-state index is 0.131. The second-order valence-electron chi connectivity index (χ2n) is 6.35. The van der Waals surface area contributed by atoms with E-state index in [0.717, 1.165) is 17.6 Å². The van der Waals surface area contributed by atoms with Crippen LogP contribution in [0.15, 0.2) is 53.0 Å². The third-order valence-corrected chi connectivity index (χ3v) is 5.91. The van der Waals surface area contributed by atoms with Gasteiger partial charge in [-0.1, -0.05) is 30.3 Å². The Morgan fingerprint density at radius 2 is 1.82 bits per heavy atom. The quantitative estimate of drug-likeness (QED) is 0.541. The zero-order valence-corrected chi connectivity index (χ0v) is 18.4. The molecule has 2 aromatic rings. The maximum absolute atomic E-state index is 12.1. The molecule has 28 heavy (non-hydrogen) atoms. The molecule has 0 bridgehead atoms. The Labute approximate surface area is 175 Å². The molecule has 2 aromatic carbocycles. The fourth-order valence-corrected chi connectivity index (χ4v) is 4.25. The number of nitrogens with zero attached hydrogens (tertiary/aromatic N) is 1. The van der Waals surface area contributed by atoms with Crippen LogP contribution in [0, 0.1) is 6.92 Å². The van der Waals surface area contributed by atoms with Crippen LogP contribution in [0.5, 0.6) is 5.75 Å². The molecular weight excluding hydrogens is 444 g/mol. The van der Waals surface area contributed by atoms with Crippen molar-refractivity contribution in [2.75, 3.05) is 30.3 Å². The predicted molar refractivity (Wildman–Crippen MR) is 115 cm³/mol. The Hall–Kier alpha value is -2.06. The molecule has 0 unspecified atom stereocenters. The van der Waals surface area contributed by atoms with Crippen molar-refractivity contribution in [3.05, 3.63) is 58.6 Å². The zero-order chi connectivity index (χ0) is 20.6. The lowest BCUT2D eigenvalue weighted by molar-refractivity contribution is -0.121. The summed E-state index contributed by atoms with van der Waals surface area (Å²) in [5.74, 6) is 0.669. The number of hydrogen-bond donors (Lipinski definition) is 1. The van der Waals surface area contributed by atoms with Gasteiger partial charge in [0.25, 0.3) is 0 Å². The number of benzene rings is 2. The second-order valence-corrected chi connectivity index (χ2v) is 9.12. The van der Waals surface area contributed by atoms with Gasteiger partial charge in [-0.15, -0.1) is 0 Å². The number of para-hydroxylation sites is 2. The summed E-state index contributed by atoms with van der Waals surface area (Å²) < 4.78 is 31.9. The Morgan fingerprint density at radius 1 is 1.14 bits per heavy atom. The van der Waals surface area contributed by atoms with Crippen LogP contribution in [-0.4, -0.2) is 40.3 Å². The van der Waals surface area contributed by atoms with Crippen LogP contribution in [0.2, 0.25) is 0 Å². The number of sulfonamides is 1. The standard InChI is InChI=1S/C20H25BrN2O4S/c1-16-8-3-6-11-19(16)27-15-13-22-20(24)12-7-14-23(28(2,25)26)18-10-5-4-9-17(18)21/h3-6,8-11H,7,12-15H2,1-2H3,(H,22,24). The number of carbonyl (C=O) groups excluding carboxylic acids is 1. The molecule has 0 saturated heterocycles. The SMILES string of the molecule is Cc1ccccc1OCCNC(=O)CCCN(c1ccccc1Br)S(C)(=O)=O. The van der Waals surface area contributed by atoms with Crippen LogP contribution < -0.4 is 14.4 Å². The zero-order valence-electron chi connectivity index (χ0n) is 16.0. The molecule has 1 amide bonds. The summed E-state index contributed by atoms with van der Waals surface area (Å²) >= 11 is 3.38. The van der Waals surface area contributed by atoms with Crippen molar-refractivity contribution in [1.82, 2.24) is 5.32 Å². The lowest BCUT2D eigenvalue weighted by atomic mass is 10.2. The molecule has 1 N–H and O–H groups in total. The fourth-order valence-electron chi connectivity index (χ4n) is 2.66. The first-order valence-electron chi connectivity index (χ1n) is 8.96. The van der Waals surface area contributed by atoms with Gasteiger partial charge in [-0.25, -0.2) is 8.42 Å². The molecule has 0 aromatic heterocycles. The number of nitrogens with one attached hydrogen (secondary N) is 1. The summed E-state index contributed by atoms with van der Waals surface area (Å²) in [5.41, 5.74) is 1.61. The van der Waals surface area contributed by atoms with E-state index in [2.05, 4.69) is 21.2 Å². The van der Waals surface area contributed by atoms with Gasteiger partial charge in [0.2, 0.25) is 15.9 Å². The average Bonchev–Trinajstić information content (AvgIpc) is 2.64.